The molecule has 0 aromatic heterocycles. The van der Waals surface area contributed by atoms with Gasteiger partial charge < -0.3 is 19.7 Å². The molecule has 0 saturated carbocycles. The molecule has 0 radical (unpaired) electrons. The summed E-state index contributed by atoms with van der Waals surface area (Å²) in [5.41, 5.74) is 0.973. The van der Waals surface area contributed by atoms with Gasteiger partial charge in [0.05, 0.1) is 18.6 Å². The Morgan fingerprint density at radius 1 is 1.27 bits per heavy atom. The Labute approximate surface area is 155 Å². The van der Waals surface area contributed by atoms with Crippen molar-refractivity contribution >= 4 is 11.8 Å². The van der Waals surface area contributed by atoms with Crippen LogP contribution in [0.4, 0.5) is 0 Å². The summed E-state index contributed by atoms with van der Waals surface area (Å²) in [6.07, 6.45) is 1.76. The van der Waals surface area contributed by atoms with E-state index in [0.29, 0.717) is 39.1 Å². The average molecular weight is 362 g/mol. The van der Waals surface area contributed by atoms with E-state index in [9.17, 15) is 9.59 Å². The van der Waals surface area contributed by atoms with E-state index < -0.39 is 0 Å². The van der Waals surface area contributed by atoms with Crippen LogP contribution in [0.1, 0.15) is 44.7 Å². The SMILES string of the molecule is CCOc1ccc([C@H]2[C@H](C(=O)NCCCOC)CCC(=O)N2CC)cc1. The maximum atomic E-state index is 12.8. The number of ether oxygens (including phenoxy) is 2. The van der Waals surface area contributed by atoms with E-state index >= 15 is 0 Å². The summed E-state index contributed by atoms with van der Waals surface area (Å²) in [4.78, 5) is 27.0. The lowest BCUT2D eigenvalue weighted by Crippen LogP contribution is -2.48. The maximum absolute atomic E-state index is 12.8. The summed E-state index contributed by atoms with van der Waals surface area (Å²) in [6, 6.07) is 7.49. The fourth-order valence-corrected chi connectivity index (χ4v) is 3.50. The van der Waals surface area contributed by atoms with Gasteiger partial charge in [-0.2, -0.15) is 0 Å². The molecule has 1 aliphatic heterocycles. The molecular formula is C20H30N2O4. The third kappa shape index (κ3) is 4.97. The lowest BCUT2D eigenvalue weighted by atomic mass is 9.83. The highest BCUT2D eigenvalue weighted by Gasteiger charge is 2.39. The van der Waals surface area contributed by atoms with Crippen LogP contribution >= 0.6 is 0 Å². The number of hydrogen-bond acceptors (Lipinski definition) is 4. The monoisotopic (exact) mass is 362 g/mol. The van der Waals surface area contributed by atoms with E-state index in [1.54, 1.807) is 7.11 Å². The molecule has 6 heteroatoms. The molecule has 0 aliphatic carbocycles. The van der Waals surface area contributed by atoms with Gasteiger partial charge in [0.2, 0.25) is 11.8 Å². The second-order valence-corrected chi connectivity index (χ2v) is 6.41. The van der Waals surface area contributed by atoms with Crippen molar-refractivity contribution in [3.8, 4) is 5.75 Å². The predicted octanol–water partition coefficient (Wildman–Crippen LogP) is 2.54. The van der Waals surface area contributed by atoms with Gasteiger partial charge in [-0.1, -0.05) is 12.1 Å². The van der Waals surface area contributed by atoms with Crippen molar-refractivity contribution in [3.05, 3.63) is 29.8 Å². The summed E-state index contributed by atoms with van der Waals surface area (Å²) in [5, 5.41) is 3.00. The molecule has 26 heavy (non-hydrogen) atoms. The van der Waals surface area contributed by atoms with Crippen LogP contribution in [-0.4, -0.2) is 50.1 Å². The first-order valence-corrected chi connectivity index (χ1v) is 9.41. The van der Waals surface area contributed by atoms with E-state index in [1.807, 2.05) is 43.0 Å². The Hall–Kier alpha value is -2.08. The van der Waals surface area contributed by atoms with Gasteiger partial charge >= 0.3 is 0 Å². The van der Waals surface area contributed by atoms with Gasteiger partial charge in [-0.15, -0.1) is 0 Å². The number of nitrogens with one attached hydrogen (secondary N) is 1. The Morgan fingerprint density at radius 3 is 2.62 bits per heavy atom. The van der Waals surface area contributed by atoms with Crippen LogP contribution in [0.15, 0.2) is 24.3 Å². The number of piperidine rings is 1. The summed E-state index contributed by atoms with van der Waals surface area (Å²) >= 11 is 0. The number of benzene rings is 1. The van der Waals surface area contributed by atoms with Crippen molar-refractivity contribution in [2.75, 3.05) is 33.4 Å². The molecule has 2 rings (SSSR count). The van der Waals surface area contributed by atoms with Crippen molar-refractivity contribution in [2.45, 2.75) is 39.2 Å². The highest BCUT2D eigenvalue weighted by molar-refractivity contribution is 5.85. The molecule has 1 heterocycles. The first kappa shape index (κ1) is 20.2. The molecule has 1 aromatic carbocycles. The molecular weight excluding hydrogens is 332 g/mol. The van der Waals surface area contributed by atoms with Crippen molar-refractivity contribution in [1.82, 2.24) is 10.2 Å². The topological polar surface area (TPSA) is 67.9 Å². The van der Waals surface area contributed by atoms with Gasteiger partial charge in [0, 0.05) is 33.2 Å². The largest absolute Gasteiger partial charge is 0.494 e. The maximum Gasteiger partial charge on any atom is 0.225 e. The van der Waals surface area contributed by atoms with Crippen molar-refractivity contribution in [3.63, 3.8) is 0 Å². The molecule has 144 valence electrons. The van der Waals surface area contributed by atoms with Crippen molar-refractivity contribution in [1.29, 1.82) is 0 Å². The van der Waals surface area contributed by atoms with Gasteiger partial charge in [0.25, 0.3) is 0 Å². The van der Waals surface area contributed by atoms with E-state index in [2.05, 4.69) is 5.32 Å². The number of amides is 2. The molecule has 0 unspecified atom stereocenters. The third-order valence-corrected chi connectivity index (χ3v) is 4.74. The van der Waals surface area contributed by atoms with E-state index in [-0.39, 0.29) is 23.8 Å². The quantitative estimate of drug-likeness (QED) is 0.686. The van der Waals surface area contributed by atoms with E-state index in [1.165, 1.54) is 0 Å². The minimum absolute atomic E-state index is 0.00550. The number of nitrogens with zero attached hydrogens (tertiary/aromatic N) is 1. The summed E-state index contributed by atoms with van der Waals surface area (Å²) in [7, 11) is 1.65. The number of carbonyl (C=O) groups excluding carboxylic acids is 2. The smallest absolute Gasteiger partial charge is 0.225 e. The van der Waals surface area contributed by atoms with Crippen LogP contribution < -0.4 is 10.1 Å². The van der Waals surface area contributed by atoms with Crippen LogP contribution in [0.5, 0.6) is 5.75 Å². The molecule has 6 nitrogen and oxygen atoms in total. The Kier molecular flexibility index (Phi) is 7.91. The van der Waals surface area contributed by atoms with Crippen LogP contribution in [0.25, 0.3) is 0 Å². The number of methoxy groups -OCH3 is 1. The van der Waals surface area contributed by atoms with Gasteiger partial charge in [0.15, 0.2) is 0 Å². The lowest BCUT2D eigenvalue weighted by Gasteiger charge is -2.40. The van der Waals surface area contributed by atoms with Crippen LogP contribution in [0.2, 0.25) is 0 Å². The second kappa shape index (κ2) is 10.2. The fraction of sp³-hybridized carbons (Fsp3) is 0.600. The molecule has 1 N–H and O–H groups in total. The van der Waals surface area contributed by atoms with Crippen molar-refractivity contribution < 1.29 is 19.1 Å². The molecule has 2 atom stereocenters. The van der Waals surface area contributed by atoms with Crippen LogP contribution in [0, 0.1) is 5.92 Å². The average Bonchev–Trinajstić information content (AvgIpc) is 2.65. The fourth-order valence-electron chi connectivity index (χ4n) is 3.50. The van der Waals surface area contributed by atoms with Crippen LogP contribution in [-0.2, 0) is 14.3 Å². The normalized spacial score (nSPS) is 20.1. The van der Waals surface area contributed by atoms with Gasteiger partial charge in [0.1, 0.15) is 5.75 Å². The summed E-state index contributed by atoms with van der Waals surface area (Å²) in [5.74, 6) is 0.663. The zero-order chi connectivity index (χ0) is 18.9. The number of likely N-dealkylation sites (tertiary alicyclic amines) is 1. The predicted molar refractivity (Wildman–Crippen MR) is 100.0 cm³/mol. The first-order valence-electron chi connectivity index (χ1n) is 9.41. The molecule has 1 saturated heterocycles. The highest BCUT2D eigenvalue weighted by Crippen LogP contribution is 2.37. The molecule has 2 amide bonds. The van der Waals surface area contributed by atoms with E-state index in [4.69, 9.17) is 9.47 Å². The van der Waals surface area contributed by atoms with Gasteiger partial charge in [-0.25, -0.2) is 0 Å². The minimum Gasteiger partial charge on any atom is -0.494 e. The standard InChI is InChI=1S/C20H30N2O4/c1-4-22-18(23)12-11-17(20(24)21-13-6-14-25-3)19(22)15-7-9-16(10-8-15)26-5-2/h7-10,17,19H,4-6,11-14H2,1-3H3,(H,21,24)/t17-,19+/m1/s1. The zero-order valence-electron chi connectivity index (χ0n) is 16.0. The molecule has 1 fully saturated rings. The molecule has 1 aliphatic rings. The highest BCUT2D eigenvalue weighted by atomic mass is 16.5. The van der Waals surface area contributed by atoms with Crippen LogP contribution in [0.3, 0.4) is 0 Å². The third-order valence-electron chi connectivity index (χ3n) is 4.74. The Morgan fingerprint density at radius 2 is 2.00 bits per heavy atom. The lowest BCUT2D eigenvalue weighted by molar-refractivity contribution is -0.143. The molecule has 0 bridgehead atoms. The molecule has 0 spiro atoms. The Balaban J connectivity index is 2.18. The van der Waals surface area contributed by atoms with E-state index in [0.717, 1.165) is 17.7 Å². The summed E-state index contributed by atoms with van der Waals surface area (Å²) < 4.78 is 10.5. The van der Waals surface area contributed by atoms with Gasteiger partial charge in [-0.3, -0.25) is 9.59 Å². The van der Waals surface area contributed by atoms with Gasteiger partial charge in [-0.05, 0) is 44.4 Å². The number of hydrogen-bond donors (Lipinski definition) is 1. The second-order valence-electron chi connectivity index (χ2n) is 6.41. The molecule has 1 aromatic rings. The number of carbonyl (C=O) groups is 2. The Bertz CT molecular complexity index is 588. The zero-order valence-corrected chi connectivity index (χ0v) is 16.0. The number of rotatable bonds is 9. The summed E-state index contributed by atoms with van der Waals surface area (Å²) in [6.45, 7) is 6.29. The first-order chi connectivity index (χ1) is 12.6. The minimum atomic E-state index is -0.242. The van der Waals surface area contributed by atoms with Crippen molar-refractivity contribution in [2.24, 2.45) is 5.92 Å².